The summed E-state index contributed by atoms with van der Waals surface area (Å²) >= 11 is 0. The number of carbonyl (C=O) groups excluding carboxylic acids is 2. The molecule has 2 heterocycles. The van der Waals surface area contributed by atoms with Crippen molar-refractivity contribution in [2.24, 2.45) is 0 Å². The molecule has 1 aromatic heterocycles. The Morgan fingerprint density at radius 1 is 1.11 bits per heavy atom. The average molecular weight is 478 g/mol. The molecule has 0 aliphatic carbocycles. The lowest BCUT2D eigenvalue weighted by Gasteiger charge is -2.24. The molecule has 4 rings (SSSR count). The van der Waals surface area contributed by atoms with Gasteiger partial charge in [-0.15, -0.1) is 0 Å². The zero-order valence-corrected chi connectivity index (χ0v) is 19.8. The van der Waals surface area contributed by atoms with Gasteiger partial charge in [0.05, 0.1) is 31.0 Å². The Kier molecular flexibility index (Phi) is 7.34. The van der Waals surface area contributed by atoms with Gasteiger partial charge in [0.25, 0.3) is 11.7 Å². The van der Waals surface area contributed by atoms with Gasteiger partial charge in [-0.2, -0.15) is 0 Å². The quantitative estimate of drug-likeness (QED) is 0.179. The highest BCUT2D eigenvalue weighted by Crippen LogP contribution is 2.40. The summed E-state index contributed by atoms with van der Waals surface area (Å²) in [6, 6.07) is 13.8. The van der Waals surface area contributed by atoms with Crippen molar-refractivity contribution < 1.29 is 28.2 Å². The predicted octanol–water partition coefficient (Wildman–Crippen LogP) is 5.92. The summed E-state index contributed by atoms with van der Waals surface area (Å²) in [5.41, 5.74) is 1.06. The van der Waals surface area contributed by atoms with E-state index in [1.807, 2.05) is 0 Å². The van der Waals surface area contributed by atoms with E-state index in [2.05, 4.69) is 6.92 Å². The van der Waals surface area contributed by atoms with E-state index in [1.54, 1.807) is 43.3 Å². The van der Waals surface area contributed by atoms with Crippen LogP contribution >= 0.6 is 0 Å². The Morgan fingerprint density at radius 2 is 1.89 bits per heavy atom. The minimum absolute atomic E-state index is 0.0382. The third-order valence-corrected chi connectivity index (χ3v) is 6.10. The summed E-state index contributed by atoms with van der Waals surface area (Å²) in [6.07, 6.45) is 4.62. The first-order valence-corrected chi connectivity index (χ1v) is 11.7. The van der Waals surface area contributed by atoms with Crippen LogP contribution in [-0.2, 0) is 16.1 Å². The van der Waals surface area contributed by atoms with Gasteiger partial charge in [-0.05, 0) is 54.8 Å². The topological polar surface area (TPSA) is 80.0 Å². The number of aliphatic hydroxyl groups is 1. The Balaban J connectivity index is 1.73. The molecule has 7 heteroatoms. The normalized spacial score (nSPS) is 17.2. The van der Waals surface area contributed by atoms with Crippen LogP contribution < -0.4 is 4.74 Å². The number of rotatable bonds is 9. The highest BCUT2D eigenvalue weighted by atomic mass is 19.1. The van der Waals surface area contributed by atoms with Gasteiger partial charge in [0, 0.05) is 5.56 Å². The molecular formula is C28H28FNO5. The summed E-state index contributed by atoms with van der Waals surface area (Å²) in [7, 11) is 0. The number of ketones is 1. The van der Waals surface area contributed by atoms with E-state index in [9.17, 15) is 19.1 Å². The van der Waals surface area contributed by atoms with Crippen molar-refractivity contribution in [1.29, 1.82) is 0 Å². The molecule has 1 amide bonds. The van der Waals surface area contributed by atoms with Gasteiger partial charge in [0.1, 0.15) is 23.1 Å². The molecule has 0 radical (unpaired) electrons. The molecule has 0 spiro atoms. The van der Waals surface area contributed by atoms with Gasteiger partial charge in [-0.3, -0.25) is 9.59 Å². The number of furan rings is 1. The number of Topliss-reactive ketones (excluding diaryl/α,β-unsaturated/α-hetero) is 1. The highest BCUT2D eigenvalue weighted by molar-refractivity contribution is 6.46. The lowest BCUT2D eigenvalue weighted by atomic mass is 9.95. The molecule has 1 atom stereocenters. The number of aliphatic hydroxyl groups excluding tert-OH is 1. The third kappa shape index (κ3) is 5.14. The second-order valence-corrected chi connectivity index (χ2v) is 8.59. The van der Waals surface area contributed by atoms with Crippen LogP contribution in [0.3, 0.4) is 0 Å². The van der Waals surface area contributed by atoms with Crippen molar-refractivity contribution in [2.45, 2.75) is 45.7 Å². The van der Waals surface area contributed by atoms with E-state index < -0.39 is 29.3 Å². The Morgan fingerprint density at radius 3 is 2.54 bits per heavy atom. The molecule has 3 aromatic rings. The van der Waals surface area contributed by atoms with Crippen LogP contribution in [0, 0.1) is 12.7 Å². The van der Waals surface area contributed by atoms with Gasteiger partial charge in [-0.25, -0.2) is 4.39 Å². The number of amides is 1. The van der Waals surface area contributed by atoms with Crippen molar-refractivity contribution in [3.63, 3.8) is 0 Å². The Hall–Kier alpha value is -3.87. The van der Waals surface area contributed by atoms with Gasteiger partial charge in [-0.1, -0.05) is 44.0 Å². The van der Waals surface area contributed by atoms with Crippen LogP contribution in [0.1, 0.15) is 54.7 Å². The highest BCUT2D eigenvalue weighted by Gasteiger charge is 2.46. The van der Waals surface area contributed by atoms with Gasteiger partial charge < -0.3 is 19.2 Å². The number of hydrogen-bond donors (Lipinski definition) is 1. The molecule has 0 bridgehead atoms. The molecule has 35 heavy (non-hydrogen) atoms. The monoisotopic (exact) mass is 477 g/mol. The lowest BCUT2D eigenvalue weighted by Crippen LogP contribution is -2.29. The van der Waals surface area contributed by atoms with E-state index >= 15 is 0 Å². The Bertz CT molecular complexity index is 1230. The van der Waals surface area contributed by atoms with Gasteiger partial charge >= 0.3 is 0 Å². The van der Waals surface area contributed by atoms with E-state index in [-0.39, 0.29) is 17.7 Å². The first-order valence-electron chi connectivity index (χ1n) is 11.7. The average Bonchev–Trinajstić information content (AvgIpc) is 3.46. The SMILES string of the molecule is CCCCCOc1ccc([C@H]2C(=C(O)c3ccc(C)c(F)c3)C(=O)C(=O)N2Cc2ccco2)cc1. The van der Waals surface area contributed by atoms with Crippen molar-refractivity contribution >= 4 is 17.4 Å². The minimum atomic E-state index is -0.876. The maximum atomic E-state index is 14.2. The molecular weight excluding hydrogens is 449 g/mol. The number of aryl methyl sites for hydroxylation is 1. The smallest absolute Gasteiger partial charge is 0.296 e. The molecule has 6 nitrogen and oxygen atoms in total. The van der Waals surface area contributed by atoms with Crippen LogP contribution in [0.25, 0.3) is 5.76 Å². The van der Waals surface area contributed by atoms with Crippen molar-refractivity contribution in [2.75, 3.05) is 6.61 Å². The molecule has 1 N–H and O–H groups in total. The van der Waals surface area contributed by atoms with Crippen LogP contribution in [0.15, 0.2) is 70.9 Å². The first-order chi connectivity index (χ1) is 16.9. The summed E-state index contributed by atoms with van der Waals surface area (Å²) < 4.78 is 25.4. The molecule has 1 aliphatic heterocycles. The molecule has 182 valence electrons. The number of carbonyl (C=O) groups is 2. The van der Waals surface area contributed by atoms with Crippen LogP contribution in [-0.4, -0.2) is 28.3 Å². The fourth-order valence-electron chi connectivity index (χ4n) is 4.14. The van der Waals surface area contributed by atoms with Crippen molar-refractivity contribution in [3.8, 4) is 5.75 Å². The zero-order valence-electron chi connectivity index (χ0n) is 19.8. The fourth-order valence-corrected chi connectivity index (χ4v) is 4.14. The minimum Gasteiger partial charge on any atom is -0.507 e. The number of nitrogens with zero attached hydrogens (tertiary/aromatic N) is 1. The molecule has 1 aliphatic rings. The van der Waals surface area contributed by atoms with E-state index in [0.717, 1.165) is 25.3 Å². The largest absolute Gasteiger partial charge is 0.507 e. The van der Waals surface area contributed by atoms with Crippen molar-refractivity contribution in [1.82, 2.24) is 4.90 Å². The first kappa shape index (κ1) is 24.3. The summed E-state index contributed by atoms with van der Waals surface area (Å²) in [5.74, 6) is -1.36. The van der Waals surface area contributed by atoms with Crippen LogP contribution in [0.5, 0.6) is 5.75 Å². The number of halogens is 1. The molecule has 1 saturated heterocycles. The standard InChI is InChI=1S/C28H28FNO5/c1-3-4-5-14-34-21-12-10-19(11-13-21)25-24(26(31)20-9-8-18(2)23(29)16-20)27(32)28(33)30(25)17-22-7-6-15-35-22/h6-13,15-16,25,31H,3-5,14,17H2,1-2H3/t25-/m0/s1. The number of hydrogen-bond acceptors (Lipinski definition) is 5. The number of unbranched alkanes of at least 4 members (excludes halogenated alkanes) is 2. The second-order valence-electron chi connectivity index (χ2n) is 8.59. The molecule has 0 unspecified atom stereocenters. The summed E-state index contributed by atoms with van der Waals surface area (Å²) in [5, 5.41) is 11.1. The predicted molar refractivity (Wildman–Crippen MR) is 129 cm³/mol. The van der Waals surface area contributed by atoms with E-state index in [0.29, 0.717) is 29.2 Å². The zero-order chi connectivity index (χ0) is 24.9. The maximum Gasteiger partial charge on any atom is 0.296 e. The number of likely N-dealkylation sites (tertiary alicyclic amines) is 1. The van der Waals surface area contributed by atoms with Gasteiger partial charge in [0.15, 0.2) is 0 Å². The summed E-state index contributed by atoms with van der Waals surface area (Å²) in [6.45, 7) is 4.37. The third-order valence-electron chi connectivity index (χ3n) is 6.10. The van der Waals surface area contributed by atoms with Crippen LogP contribution in [0.2, 0.25) is 0 Å². The number of ether oxygens (including phenoxy) is 1. The maximum absolute atomic E-state index is 14.2. The number of benzene rings is 2. The molecule has 1 fully saturated rings. The van der Waals surface area contributed by atoms with Crippen molar-refractivity contribution in [3.05, 3.63) is 94.7 Å². The summed E-state index contributed by atoms with van der Waals surface area (Å²) in [4.78, 5) is 27.5. The van der Waals surface area contributed by atoms with Crippen LogP contribution in [0.4, 0.5) is 4.39 Å². The molecule has 2 aromatic carbocycles. The van der Waals surface area contributed by atoms with Gasteiger partial charge in [0.2, 0.25) is 0 Å². The second kappa shape index (κ2) is 10.6. The lowest BCUT2D eigenvalue weighted by molar-refractivity contribution is -0.140. The van der Waals surface area contributed by atoms with E-state index in [1.165, 1.54) is 23.3 Å². The fraction of sp³-hybridized carbons (Fsp3) is 0.286. The Labute approximate surface area is 203 Å². The molecule has 0 saturated carbocycles. The van der Waals surface area contributed by atoms with E-state index in [4.69, 9.17) is 9.15 Å².